The Labute approximate surface area is 119 Å². The van der Waals surface area contributed by atoms with Gasteiger partial charge < -0.3 is 16.0 Å². The molecular weight excluding hydrogens is 272 g/mol. The van der Waals surface area contributed by atoms with Gasteiger partial charge in [-0.05, 0) is 18.6 Å². The van der Waals surface area contributed by atoms with Crippen LogP contribution < -0.4 is 16.4 Å². The molecule has 21 heavy (non-hydrogen) atoms. The number of carbonyl (C=O) groups is 3. The van der Waals surface area contributed by atoms with Crippen LogP contribution in [0.25, 0.3) is 10.9 Å². The van der Waals surface area contributed by atoms with Gasteiger partial charge in [0.05, 0.1) is 11.2 Å². The molecule has 0 spiro atoms. The number of H-pyrrole nitrogens is 1. The number of amides is 3. The first-order valence-corrected chi connectivity index (χ1v) is 6.56. The number of nitrogens with two attached hydrogens (primary N) is 1. The molecule has 7 heteroatoms. The number of rotatable bonds is 2. The number of benzene rings is 1. The lowest BCUT2D eigenvalue weighted by molar-refractivity contribution is -0.134. The van der Waals surface area contributed by atoms with Crippen molar-refractivity contribution in [2.24, 2.45) is 0 Å². The number of anilines is 1. The molecule has 0 bridgehead atoms. The monoisotopic (exact) mass is 286 g/mol. The fourth-order valence-electron chi connectivity index (χ4n) is 2.37. The van der Waals surface area contributed by atoms with Gasteiger partial charge in [-0.25, -0.2) is 0 Å². The van der Waals surface area contributed by atoms with Crippen LogP contribution in [0.4, 0.5) is 5.69 Å². The molecular formula is C14H14N4O3. The number of para-hydroxylation sites is 1. The molecule has 7 nitrogen and oxygen atoms in total. The summed E-state index contributed by atoms with van der Waals surface area (Å²) < 4.78 is 0. The maximum absolute atomic E-state index is 12.2. The summed E-state index contributed by atoms with van der Waals surface area (Å²) in [5.74, 6) is -1.20. The number of imide groups is 1. The third-order valence-electron chi connectivity index (χ3n) is 3.48. The van der Waals surface area contributed by atoms with Crippen molar-refractivity contribution in [1.82, 2.24) is 15.6 Å². The molecule has 1 saturated heterocycles. The van der Waals surface area contributed by atoms with Crippen LogP contribution in [-0.4, -0.2) is 28.7 Å². The summed E-state index contributed by atoms with van der Waals surface area (Å²) in [7, 11) is 0. The highest BCUT2D eigenvalue weighted by atomic mass is 16.2. The van der Waals surface area contributed by atoms with Gasteiger partial charge in [0.1, 0.15) is 11.7 Å². The number of piperidine rings is 1. The van der Waals surface area contributed by atoms with Gasteiger partial charge in [-0.15, -0.1) is 0 Å². The lowest BCUT2D eigenvalue weighted by atomic mass is 10.1. The zero-order valence-corrected chi connectivity index (χ0v) is 11.1. The topological polar surface area (TPSA) is 117 Å². The van der Waals surface area contributed by atoms with Crippen LogP contribution in [0.15, 0.2) is 24.3 Å². The highest BCUT2D eigenvalue weighted by Crippen LogP contribution is 2.21. The van der Waals surface area contributed by atoms with Crippen molar-refractivity contribution in [2.45, 2.75) is 18.9 Å². The molecule has 0 aliphatic carbocycles. The van der Waals surface area contributed by atoms with Gasteiger partial charge >= 0.3 is 0 Å². The fraction of sp³-hybridized carbons (Fsp3) is 0.214. The quantitative estimate of drug-likeness (QED) is 0.468. The van der Waals surface area contributed by atoms with E-state index in [4.69, 9.17) is 5.73 Å². The summed E-state index contributed by atoms with van der Waals surface area (Å²) in [6.45, 7) is 0. The van der Waals surface area contributed by atoms with E-state index in [9.17, 15) is 14.4 Å². The average Bonchev–Trinajstić information content (AvgIpc) is 2.87. The maximum atomic E-state index is 12.2. The molecule has 1 fully saturated rings. The van der Waals surface area contributed by atoms with E-state index in [0.29, 0.717) is 23.3 Å². The van der Waals surface area contributed by atoms with Crippen LogP contribution in [0.3, 0.4) is 0 Å². The van der Waals surface area contributed by atoms with Crippen molar-refractivity contribution in [3.63, 3.8) is 0 Å². The summed E-state index contributed by atoms with van der Waals surface area (Å²) in [4.78, 5) is 37.8. The van der Waals surface area contributed by atoms with E-state index in [0.717, 1.165) is 5.39 Å². The second-order valence-corrected chi connectivity index (χ2v) is 4.97. The van der Waals surface area contributed by atoms with Crippen molar-refractivity contribution >= 4 is 34.3 Å². The zero-order chi connectivity index (χ0) is 15.0. The molecule has 3 rings (SSSR count). The van der Waals surface area contributed by atoms with Crippen LogP contribution >= 0.6 is 0 Å². The summed E-state index contributed by atoms with van der Waals surface area (Å²) >= 11 is 0. The van der Waals surface area contributed by atoms with E-state index in [2.05, 4.69) is 15.6 Å². The van der Waals surface area contributed by atoms with Crippen LogP contribution in [0.5, 0.6) is 0 Å². The minimum atomic E-state index is -0.695. The van der Waals surface area contributed by atoms with Crippen LogP contribution in [0.1, 0.15) is 23.3 Å². The van der Waals surface area contributed by atoms with Gasteiger partial charge in [-0.2, -0.15) is 0 Å². The van der Waals surface area contributed by atoms with E-state index >= 15 is 0 Å². The normalized spacial score (nSPS) is 18.6. The summed E-state index contributed by atoms with van der Waals surface area (Å²) in [5, 5.41) is 5.63. The number of fused-ring (bicyclic) bond motifs is 1. The van der Waals surface area contributed by atoms with Crippen LogP contribution in [0.2, 0.25) is 0 Å². The standard InChI is InChI=1S/C14H14N4O3/c15-8-3-1-2-7-6-10(16-12(7)8)14(21)17-9-4-5-11(19)18-13(9)20/h1-3,6,9,16H,4-5,15H2,(H,17,21)(H,18,19,20). The zero-order valence-electron chi connectivity index (χ0n) is 11.1. The molecule has 1 atom stereocenters. The Bertz CT molecular complexity index is 750. The van der Waals surface area contributed by atoms with Gasteiger partial charge in [0.25, 0.3) is 5.91 Å². The highest BCUT2D eigenvalue weighted by Gasteiger charge is 2.28. The number of hydrogen-bond donors (Lipinski definition) is 4. The van der Waals surface area contributed by atoms with E-state index in [1.54, 1.807) is 18.2 Å². The smallest absolute Gasteiger partial charge is 0.268 e. The predicted molar refractivity (Wildman–Crippen MR) is 76.3 cm³/mol. The van der Waals surface area contributed by atoms with Crippen molar-refractivity contribution in [2.75, 3.05) is 5.73 Å². The Balaban J connectivity index is 1.79. The molecule has 108 valence electrons. The van der Waals surface area contributed by atoms with Crippen LogP contribution in [-0.2, 0) is 9.59 Å². The van der Waals surface area contributed by atoms with Crippen molar-refractivity contribution in [3.05, 3.63) is 30.0 Å². The first-order valence-electron chi connectivity index (χ1n) is 6.56. The maximum Gasteiger partial charge on any atom is 0.268 e. The predicted octanol–water partition coefficient (Wildman–Crippen LogP) is 0.285. The van der Waals surface area contributed by atoms with E-state index in [1.807, 2.05) is 6.07 Å². The van der Waals surface area contributed by atoms with Gasteiger partial charge in [-0.1, -0.05) is 12.1 Å². The largest absolute Gasteiger partial charge is 0.397 e. The third-order valence-corrected chi connectivity index (χ3v) is 3.48. The molecule has 1 unspecified atom stereocenters. The second kappa shape index (κ2) is 4.93. The van der Waals surface area contributed by atoms with Crippen molar-refractivity contribution < 1.29 is 14.4 Å². The molecule has 0 saturated carbocycles. The first kappa shape index (κ1) is 13.2. The summed E-state index contributed by atoms with van der Waals surface area (Å²) in [5.41, 5.74) is 7.39. The Hall–Kier alpha value is -2.83. The molecule has 1 aliphatic heterocycles. The fourth-order valence-corrected chi connectivity index (χ4v) is 2.37. The lowest BCUT2D eigenvalue weighted by Gasteiger charge is -2.21. The van der Waals surface area contributed by atoms with Gasteiger partial charge in [0, 0.05) is 11.8 Å². The van der Waals surface area contributed by atoms with E-state index in [-0.39, 0.29) is 12.3 Å². The Morgan fingerprint density at radius 3 is 2.86 bits per heavy atom. The molecule has 0 radical (unpaired) electrons. The third kappa shape index (κ3) is 2.45. The van der Waals surface area contributed by atoms with Gasteiger partial charge in [0.2, 0.25) is 11.8 Å². The number of aromatic amines is 1. The second-order valence-electron chi connectivity index (χ2n) is 4.97. The molecule has 2 heterocycles. The molecule has 3 amide bonds. The summed E-state index contributed by atoms with van der Waals surface area (Å²) in [6, 6.07) is 6.35. The SMILES string of the molecule is Nc1cccc2cc(C(=O)NC3CCC(=O)NC3=O)[nH]c12. The molecule has 1 aromatic heterocycles. The Morgan fingerprint density at radius 2 is 2.14 bits per heavy atom. The Morgan fingerprint density at radius 1 is 1.33 bits per heavy atom. The molecule has 5 N–H and O–H groups in total. The number of hydrogen-bond acceptors (Lipinski definition) is 4. The Kier molecular flexibility index (Phi) is 3.09. The lowest BCUT2D eigenvalue weighted by Crippen LogP contribution is -2.52. The molecule has 2 aromatic rings. The molecule has 1 aliphatic rings. The summed E-state index contributed by atoms with van der Waals surface area (Å²) in [6.07, 6.45) is 0.523. The van der Waals surface area contributed by atoms with E-state index < -0.39 is 17.9 Å². The minimum Gasteiger partial charge on any atom is -0.397 e. The van der Waals surface area contributed by atoms with Crippen molar-refractivity contribution in [3.8, 4) is 0 Å². The molecule has 1 aromatic carbocycles. The number of nitrogen functional groups attached to an aromatic ring is 1. The van der Waals surface area contributed by atoms with E-state index in [1.165, 1.54) is 0 Å². The van der Waals surface area contributed by atoms with Gasteiger partial charge in [-0.3, -0.25) is 19.7 Å². The van der Waals surface area contributed by atoms with Gasteiger partial charge in [0.15, 0.2) is 0 Å². The average molecular weight is 286 g/mol. The number of carbonyl (C=O) groups excluding carboxylic acids is 3. The first-order chi connectivity index (χ1) is 10.0. The van der Waals surface area contributed by atoms with Crippen molar-refractivity contribution in [1.29, 1.82) is 0 Å². The number of nitrogens with one attached hydrogen (secondary N) is 3. The minimum absolute atomic E-state index is 0.219. The number of aromatic nitrogens is 1. The van der Waals surface area contributed by atoms with Crippen LogP contribution in [0, 0.1) is 0 Å². The highest BCUT2D eigenvalue weighted by molar-refractivity contribution is 6.05.